The van der Waals surface area contributed by atoms with E-state index in [9.17, 15) is 8.42 Å². The summed E-state index contributed by atoms with van der Waals surface area (Å²) in [6.45, 7) is 6.69. The van der Waals surface area contributed by atoms with Gasteiger partial charge in [-0.15, -0.1) is 0 Å². The molecule has 1 aliphatic rings. The molecule has 106 valence electrons. The van der Waals surface area contributed by atoms with Crippen LogP contribution in [0.5, 0.6) is 0 Å². The highest BCUT2D eigenvalue weighted by molar-refractivity contribution is 7.90. The third kappa shape index (κ3) is 3.78. The Morgan fingerprint density at radius 2 is 1.89 bits per heavy atom. The van der Waals surface area contributed by atoms with Crippen LogP contribution in [0.25, 0.3) is 0 Å². The first-order chi connectivity index (χ1) is 8.78. The lowest BCUT2D eigenvalue weighted by molar-refractivity contribution is 0.0260. The molecule has 0 saturated carbocycles. The summed E-state index contributed by atoms with van der Waals surface area (Å²) in [5.41, 5.74) is 1.14. The third-order valence-corrected chi connectivity index (χ3v) is 4.42. The van der Waals surface area contributed by atoms with Crippen molar-refractivity contribution in [2.24, 2.45) is 5.41 Å². The Morgan fingerprint density at radius 3 is 2.47 bits per heavy atom. The van der Waals surface area contributed by atoms with Gasteiger partial charge in [-0.1, -0.05) is 26.0 Å². The minimum Gasteiger partial charge on any atom is -0.372 e. The van der Waals surface area contributed by atoms with E-state index in [1.54, 1.807) is 12.1 Å². The highest BCUT2D eigenvalue weighted by Crippen LogP contribution is 2.25. The maximum absolute atomic E-state index is 11.4. The summed E-state index contributed by atoms with van der Waals surface area (Å²) in [5, 5.41) is 3.39. The van der Waals surface area contributed by atoms with Crippen LogP contribution in [0.1, 0.15) is 25.5 Å². The predicted octanol–water partition coefficient (Wildman–Crippen LogP) is 1.78. The third-order valence-electron chi connectivity index (χ3n) is 3.29. The lowest BCUT2D eigenvalue weighted by Crippen LogP contribution is -2.29. The molecule has 1 aliphatic heterocycles. The van der Waals surface area contributed by atoms with E-state index in [4.69, 9.17) is 4.74 Å². The van der Waals surface area contributed by atoms with Crippen molar-refractivity contribution in [2.45, 2.75) is 24.8 Å². The molecule has 2 rings (SSSR count). The fourth-order valence-corrected chi connectivity index (χ4v) is 2.75. The van der Waals surface area contributed by atoms with Gasteiger partial charge in [-0.05, 0) is 17.7 Å². The number of hydrogen-bond acceptors (Lipinski definition) is 4. The zero-order valence-electron chi connectivity index (χ0n) is 11.6. The van der Waals surface area contributed by atoms with Crippen LogP contribution in [-0.2, 0) is 14.6 Å². The molecule has 19 heavy (non-hydrogen) atoms. The summed E-state index contributed by atoms with van der Waals surface area (Å²) in [6, 6.07) is 6.95. The molecule has 1 atom stereocenters. The number of nitrogens with one attached hydrogen (secondary N) is 1. The SMILES string of the molecule is CC1(C)CNCC(c2ccc(S(C)(=O)=O)cc2)OC1. The molecule has 0 amide bonds. The van der Waals surface area contributed by atoms with Crippen LogP contribution in [0.15, 0.2) is 29.2 Å². The second kappa shape index (κ2) is 5.23. The van der Waals surface area contributed by atoms with E-state index in [0.29, 0.717) is 11.5 Å². The van der Waals surface area contributed by atoms with Gasteiger partial charge in [-0.2, -0.15) is 0 Å². The van der Waals surface area contributed by atoms with Crippen LogP contribution in [0, 0.1) is 5.41 Å². The second-order valence-corrected chi connectivity index (χ2v) is 7.95. The Kier molecular flexibility index (Phi) is 3.99. The van der Waals surface area contributed by atoms with Crippen LogP contribution >= 0.6 is 0 Å². The van der Waals surface area contributed by atoms with Gasteiger partial charge in [0, 0.05) is 24.8 Å². The molecule has 1 aromatic carbocycles. The Morgan fingerprint density at radius 1 is 1.26 bits per heavy atom. The van der Waals surface area contributed by atoms with Gasteiger partial charge >= 0.3 is 0 Å². The van der Waals surface area contributed by atoms with E-state index < -0.39 is 9.84 Å². The average molecular weight is 283 g/mol. The van der Waals surface area contributed by atoms with Gasteiger partial charge in [0.25, 0.3) is 0 Å². The van der Waals surface area contributed by atoms with Crippen molar-refractivity contribution < 1.29 is 13.2 Å². The summed E-state index contributed by atoms with van der Waals surface area (Å²) in [5.74, 6) is 0. The minimum absolute atomic E-state index is 0.0182. The molecule has 4 nitrogen and oxygen atoms in total. The Bertz CT molecular complexity index is 534. The largest absolute Gasteiger partial charge is 0.372 e. The molecule has 1 N–H and O–H groups in total. The van der Waals surface area contributed by atoms with E-state index in [1.165, 1.54) is 6.26 Å². The van der Waals surface area contributed by atoms with Gasteiger partial charge in [0.1, 0.15) is 0 Å². The molecule has 5 heteroatoms. The Labute approximate surface area is 115 Å². The molecule has 1 unspecified atom stereocenters. The van der Waals surface area contributed by atoms with Gasteiger partial charge in [-0.3, -0.25) is 0 Å². The topological polar surface area (TPSA) is 55.4 Å². The molecule has 1 fully saturated rings. The van der Waals surface area contributed by atoms with E-state index in [-0.39, 0.29) is 11.5 Å². The fourth-order valence-electron chi connectivity index (χ4n) is 2.12. The van der Waals surface area contributed by atoms with E-state index in [2.05, 4.69) is 19.2 Å². The molecule has 1 heterocycles. The van der Waals surface area contributed by atoms with Gasteiger partial charge in [0.15, 0.2) is 9.84 Å². The normalized spacial score (nSPS) is 23.8. The predicted molar refractivity (Wildman–Crippen MR) is 74.9 cm³/mol. The average Bonchev–Trinajstić information content (AvgIpc) is 2.49. The maximum Gasteiger partial charge on any atom is 0.175 e. The van der Waals surface area contributed by atoms with Crippen molar-refractivity contribution in [2.75, 3.05) is 26.0 Å². The molecule has 0 spiro atoms. The molecular weight excluding hydrogens is 262 g/mol. The van der Waals surface area contributed by atoms with Crippen LogP contribution in [0.3, 0.4) is 0 Å². The van der Waals surface area contributed by atoms with Crippen molar-refractivity contribution >= 4 is 9.84 Å². The first-order valence-corrected chi connectivity index (χ1v) is 8.29. The number of hydrogen-bond donors (Lipinski definition) is 1. The van der Waals surface area contributed by atoms with Crippen LogP contribution in [-0.4, -0.2) is 34.4 Å². The van der Waals surface area contributed by atoms with Crippen LogP contribution < -0.4 is 5.32 Å². The zero-order chi connectivity index (χ0) is 14.1. The first-order valence-electron chi connectivity index (χ1n) is 6.40. The summed E-state index contributed by atoms with van der Waals surface area (Å²) >= 11 is 0. The molecular formula is C14H21NO3S. The molecule has 1 saturated heterocycles. The zero-order valence-corrected chi connectivity index (χ0v) is 12.5. The minimum atomic E-state index is -3.13. The number of sulfone groups is 1. The summed E-state index contributed by atoms with van der Waals surface area (Å²) < 4.78 is 28.8. The Hall–Kier alpha value is -0.910. The van der Waals surface area contributed by atoms with Crippen LogP contribution in [0.2, 0.25) is 0 Å². The van der Waals surface area contributed by atoms with Crippen molar-refractivity contribution in [1.82, 2.24) is 5.32 Å². The number of benzene rings is 1. The fraction of sp³-hybridized carbons (Fsp3) is 0.571. The standard InChI is InChI=1S/C14H21NO3S/c1-14(2)9-15-8-13(18-10-14)11-4-6-12(7-5-11)19(3,16)17/h4-7,13,15H,8-10H2,1-3H3. The summed E-state index contributed by atoms with van der Waals surface area (Å²) in [7, 11) is -3.13. The van der Waals surface area contributed by atoms with Gasteiger partial charge < -0.3 is 10.1 Å². The van der Waals surface area contributed by atoms with Gasteiger partial charge in [-0.25, -0.2) is 8.42 Å². The number of ether oxygens (including phenoxy) is 1. The molecule has 0 bridgehead atoms. The lowest BCUT2D eigenvalue weighted by Gasteiger charge is -2.21. The first kappa shape index (κ1) is 14.5. The highest BCUT2D eigenvalue weighted by Gasteiger charge is 2.25. The van der Waals surface area contributed by atoms with Gasteiger partial charge in [0.2, 0.25) is 0 Å². The molecule has 0 radical (unpaired) electrons. The highest BCUT2D eigenvalue weighted by atomic mass is 32.2. The second-order valence-electron chi connectivity index (χ2n) is 5.94. The van der Waals surface area contributed by atoms with Crippen molar-refractivity contribution in [1.29, 1.82) is 0 Å². The van der Waals surface area contributed by atoms with Gasteiger partial charge in [0.05, 0.1) is 17.6 Å². The van der Waals surface area contributed by atoms with Crippen molar-refractivity contribution in [3.63, 3.8) is 0 Å². The monoisotopic (exact) mass is 283 g/mol. The smallest absolute Gasteiger partial charge is 0.175 e. The van der Waals surface area contributed by atoms with Crippen LogP contribution in [0.4, 0.5) is 0 Å². The maximum atomic E-state index is 11.4. The Balaban J connectivity index is 2.14. The van der Waals surface area contributed by atoms with Crippen molar-refractivity contribution in [3.8, 4) is 0 Å². The summed E-state index contributed by atoms with van der Waals surface area (Å²) in [4.78, 5) is 0.346. The van der Waals surface area contributed by atoms with E-state index >= 15 is 0 Å². The van der Waals surface area contributed by atoms with E-state index in [1.807, 2.05) is 12.1 Å². The summed E-state index contributed by atoms with van der Waals surface area (Å²) in [6.07, 6.45) is 1.20. The quantitative estimate of drug-likeness (QED) is 0.899. The lowest BCUT2D eigenvalue weighted by atomic mass is 9.95. The molecule has 0 aliphatic carbocycles. The van der Waals surface area contributed by atoms with Crippen molar-refractivity contribution in [3.05, 3.63) is 29.8 Å². The van der Waals surface area contributed by atoms with E-state index in [0.717, 1.165) is 18.7 Å². The molecule has 1 aromatic rings. The number of rotatable bonds is 2. The molecule has 0 aromatic heterocycles.